The monoisotopic (exact) mass is 396 g/mol. The summed E-state index contributed by atoms with van der Waals surface area (Å²) < 4.78 is 38.1. The van der Waals surface area contributed by atoms with Crippen molar-refractivity contribution in [2.24, 2.45) is 4.99 Å². The van der Waals surface area contributed by atoms with Gasteiger partial charge < -0.3 is 15.5 Å². The van der Waals surface area contributed by atoms with Gasteiger partial charge in [0.15, 0.2) is 5.96 Å². The highest BCUT2D eigenvalue weighted by Gasteiger charge is 2.30. The third-order valence-corrected chi connectivity index (χ3v) is 3.82. The zero-order valence-electron chi connectivity index (χ0n) is 16.5. The maximum absolute atomic E-state index is 12.7. The molecular weight excluding hydrogens is 369 g/mol. The molecule has 1 aromatic rings. The molecule has 0 atom stereocenters. The maximum atomic E-state index is 12.7. The second kappa shape index (κ2) is 11.9. The van der Waals surface area contributed by atoms with Crippen LogP contribution in [0.1, 0.15) is 38.3 Å². The second-order valence-corrected chi connectivity index (χ2v) is 5.81. The number of carbonyl (C=O) groups is 1. The molecule has 0 fully saturated rings. The predicted octanol–water partition coefficient (Wildman–Crippen LogP) is 2.87. The standard InChI is InChI=1S/C20H27F3N4O/c1-4-24-19(26-14-12-18(28)27(5-2)6-3)25-13-8-10-16-9-7-11-17(15-16)20(21,22)23/h7,9,11,15H,4-6,12-14H2,1-3H3,(H2,24,25,26). The van der Waals surface area contributed by atoms with Gasteiger partial charge in [0, 0.05) is 31.6 Å². The molecule has 1 aromatic carbocycles. The average molecular weight is 396 g/mol. The van der Waals surface area contributed by atoms with Crippen molar-refractivity contribution in [3.63, 3.8) is 0 Å². The predicted molar refractivity (Wildman–Crippen MR) is 105 cm³/mol. The highest BCUT2D eigenvalue weighted by molar-refractivity contribution is 5.81. The van der Waals surface area contributed by atoms with Gasteiger partial charge in [-0.1, -0.05) is 17.9 Å². The summed E-state index contributed by atoms with van der Waals surface area (Å²) in [5.74, 6) is 6.04. The molecule has 0 heterocycles. The highest BCUT2D eigenvalue weighted by Crippen LogP contribution is 2.29. The third-order valence-electron chi connectivity index (χ3n) is 3.82. The van der Waals surface area contributed by atoms with Crippen molar-refractivity contribution in [3.8, 4) is 11.8 Å². The lowest BCUT2D eigenvalue weighted by Crippen LogP contribution is -2.38. The SMILES string of the molecule is CCNC(=NCCC(=O)N(CC)CC)NCC#Cc1cccc(C(F)(F)F)c1. The molecule has 8 heteroatoms. The molecule has 0 aliphatic rings. The first-order valence-electron chi connectivity index (χ1n) is 9.27. The molecule has 154 valence electrons. The number of aliphatic imine (C=N–C) groups is 1. The van der Waals surface area contributed by atoms with Gasteiger partial charge in [-0.25, -0.2) is 0 Å². The summed E-state index contributed by atoms with van der Waals surface area (Å²) in [6.07, 6.45) is -4.07. The van der Waals surface area contributed by atoms with Crippen LogP contribution in [-0.2, 0) is 11.0 Å². The number of guanidine groups is 1. The Balaban J connectivity index is 2.60. The van der Waals surface area contributed by atoms with E-state index in [2.05, 4.69) is 27.5 Å². The molecule has 0 unspecified atom stereocenters. The fourth-order valence-electron chi connectivity index (χ4n) is 2.39. The van der Waals surface area contributed by atoms with E-state index in [1.165, 1.54) is 12.1 Å². The lowest BCUT2D eigenvalue weighted by molar-refractivity contribution is -0.137. The van der Waals surface area contributed by atoms with Crippen molar-refractivity contribution in [1.82, 2.24) is 15.5 Å². The molecule has 28 heavy (non-hydrogen) atoms. The summed E-state index contributed by atoms with van der Waals surface area (Å²) in [4.78, 5) is 18.0. The largest absolute Gasteiger partial charge is 0.416 e. The van der Waals surface area contributed by atoms with Gasteiger partial charge in [0.05, 0.1) is 18.7 Å². The Morgan fingerprint density at radius 2 is 1.89 bits per heavy atom. The maximum Gasteiger partial charge on any atom is 0.416 e. The van der Waals surface area contributed by atoms with Crippen molar-refractivity contribution >= 4 is 11.9 Å². The number of carbonyl (C=O) groups excluding carboxylic acids is 1. The Morgan fingerprint density at radius 3 is 2.50 bits per heavy atom. The first-order valence-corrected chi connectivity index (χ1v) is 9.27. The third kappa shape index (κ3) is 8.33. The van der Waals surface area contributed by atoms with Crippen LogP contribution in [0.2, 0.25) is 0 Å². The Labute approximate surface area is 164 Å². The molecule has 0 aromatic heterocycles. The number of amides is 1. The summed E-state index contributed by atoms with van der Waals surface area (Å²) in [6, 6.07) is 4.89. The number of benzene rings is 1. The number of nitrogens with zero attached hydrogens (tertiary/aromatic N) is 2. The first kappa shape index (κ1) is 23.3. The molecule has 0 saturated heterocycles. The van der Waals surface area contributed by atoms with E-state index in [-0.39, 0.29) is 12.5 Å². The van der Waals surface area contributed by atoms with Crippen LogP contribution in [0.4, 0.5) is 13.2 Å². The van der Waals surface area contributed by atoms with Gasteiger partial charge in [-0.15, -0.1) is 0 Å². The quantitative estimate of drug-likeness (QED) is 0.423. The summed E-state index contributed by atoms with van der Waals surface area (Å²) in [6.45, 7) is 8.30. The van der Waals surface area contributed by atoms with Crippen molar-refractivity contribution in [1.29, 1.82) is 0 Å². The summed E-state index contributed by atoms with van der Waals surface area (Å²) in [5.41, 5.74) is -0.427. The number of rotatable bonds is 7. The van der Waals surface area contributed by atoms with E-state index in [9.17, 15) is 18.0 Å². The van der Waals surface area contributed by atoms with E-state index in [1.54, 1.807) is 4.90 Å². The number of hydrogen-bond acceptors (Lipinski definition) is 2. The molecule has 1 rings (SSSR count). The van der Waals surface area contributed by atoms with E-state index in [1.807, 2.05) is 20.8 Å². The van der Waals surface area contributed by atoms with Crippen LogP contribution in [0, 0.1) is 11.8 Å². The summed E-state index contributed by atoms with van der Waals surface area (Å²) >= 11 is 0. The second-order valence-electron chi connectivity index (χ2n) is 5.81. The van der Waals surface area contributed by atoms with E-state index in [0.717, 1.165) is 12.1 Å². The lowest BCUT2D eigenvalue weighted by atomic mass is 10.1. The van der Waals surface area contributed by atoms with Gasteiger partial charge in [0.1, 0.15) is 0 Å². The molecule has 1 amide bonds. The van der Waals surface area contributed by atoms with E-state index in [4.69, 9.17) is 0 Å². The van der Waals surface area contributed by atoms with Crippen LogP contribution in [0.25, 0.3) is 0 Å². The van der Waals surface area contributed by atoms with Gasteiger partial charge in [-0.2, -0.15) is 13.2 Å². The van der Waals surface area contributed by atoms with Crippen LogP contribution in [0.15, 0.2) is 29.3 Å². The molecule has 0 aliphatic carbocycles. The van der Waals surface area contributed by atoms with Gasteiger partial charge in [0.2, 0.25) is 5.91 Å². The molecule has 0 saturated carbocycles. The lowest BCUT2D eigenvalue weighted by Gasteiger charge is -2.18. The van der Waals surface area contributed by atoms with Crippen LogP contribution in [0.5, 0.6) is 0 Å². The van der Waals surface area contributed by atoms with Gasteiger partial charge in [-0.3, -0.25) is 9.79 Å². The molecule has 0 spiro atoms. The number of alkyl halides is 3. The number of hydrogen-bond donors (Lipinski definition) is 2. The molecule has 5 nitrogen and oxygen atoms in total. The molecule has 0 radical (unpaired) electrons. The molecule has 0 aliphatic heterocycles. The van der Waals surface area contributed by atoms with E-state index < -0.39 is 11.7 Å². The summed E-state index contributed by atoms with van der Waals surface area (Å²) in [5, 5.41) is 6.02. The minimum Gasteiger partial charge on any atom is -0.357 e. The van der Waals surface area contributed by atoms with Gasteiger partial charge in [0.25, 0.3) is 0 Å². The summed E-state index contributed by atoms with van der Waals surface area (Å²) in [7, 11) is 0. The molecule has 2 N–H and O–H groups in total. The van der Waals surface area contributed by atoms with Crippen molar-refractivity contribution in [2.75, 3.05) is 32.7 Å². The topological polar surface area (TPSA) is 56.7 Å². The van der Waals surface area contributed by atoms with E-state index >= 15 is 0 Å². The van der Waals surface area contributed by atoms with Crippen molar-refractivity contribution in [2.45, 2.75) is 33.4 Å². The Hall–Kier alpha value is -2.69. The van der Waals surface area contributed by atoms with Gasteiger partial charge >= 0.3 is 6.18 Å². The fraction of sp³-hybridized carbons (Fsp3) is 0.500. The van der Waals surface area contributed by atoms with Gasteiger partial charge in [-0.05, 0) is 39.0 Å². The normalized spacial score (nSPS) is 11.4. The Kier molecular flexibility index (Phi) is 9.93. The number of halogens is 3. The smallest absolute Gasteiger partial charge is 0.357 e. The average Bonchev–Trinajstić information content (AvgIpc) is 2.65. The first-order chi connectivity index (χ1) is 13.3. The Morgan fingerprint density at radius 1 is 1.18 bits per heavy atom. The van der Waals surface area contributed by atoms with E-state index in [0.29, 0.717) is 44.1 Å². The van der Waals surface area contributed by atoms with Crippen LogP contribution < -0.4 is 10.6 Å². The molecule has 0 bridgehead atoms. The number of nitrogens with one attached hydrogen (secondary N) is 2. The van der Waals surface area contributed by atoms with Crippen LogP contribution in [0.3, 0.4) is 0 Å². The van der Waals surface area contributed by atoms with Crippen molar-refractivity contribution in [3.05, 3.63) is 35.4 Å². The van der Waals surface area contributed by atoms with Crippen LogP contribution >= 0.6 is 0 Å². The van der Waals surface area contributed by atoms with Crippen molar-refractivity contribution < 1.29 is 18.0 Å². The van der Waals surface area contributed by atoms with Crippen LogP contribution in [-0.4, -0.2) is 49.5 Å². The Bertz CT molecular complexity index is 716. The fourth-order valence-corrected chi connectivity index (χ4v) is 2.39. The zero-order chi connectivity index (χ0) is 21.0. The minimum atomic E-state index is -4.39. The molecular formula is C20H27F3N4O. The highest BCUT2D eigenvalue weighted by atomic mass is 19.4. The minimum absolute atomic E-state index is 0.0499. The zero-order valence-corrected chi connectivity index (χ0v) is 16.5.